The van der Waals surface area contributed by atoms with Crippen LogP contribution in [0.5, 0.6) is 5.75 Å². The van der Waals surface area contributed by atoms with Crippen LogP contribution in [-0.4, -0.2) is 37.9 Å². The Hall–Kier alpha value is -5.88. The normalized spacial score (nSPS) is 11.4. The molecular weight excluding hydrogens is 611 g/mol. The molecule has 3 N–H and O–H groups in total. The number of carbonyl (C=O) groups is 1. The molecule has 48 heavy (non-hydrogen) atoms. The molecule has 2 amide bonds. The van der Waals surface area contributed by atoms with E-state index in [-0.39, 0.29) is 12.0 Å². The summed E-state index contributed by atoms with van der Waals surface area (Å²) in [6, 6.07) is 22.4. The van der Waals surface area contributed by atoms with Crippen LogP contribution < -0.4 is 20.7 Å². The second-order valence-electron chi connectivity index (χ2n) is 12.1. The largest absolute Gasteiger partial charge is 0.488 e. The first kappa shape index (κ1) is 32.1. The zero-order valence-corrected chi connectivity index (χ0v) is 27.0. The number of pyridine rings is 1. The molecule has 3 heterocycles. The number of urea groups is 1. The number of hydrogen-bond donors (Lipinski definition) is 3. The summed E-state index contributed by atoms with van der Waals surface area (Å²) in [5, 5.41) is 15.3. The van der Waals surface area contributed by atoms with E-state index < -0.39 is 11.8 Å². The second-order valence-corrected chi connectivity index (χ2v) is 12.1. The maximum atomic E-state index is 14.1. The fraction of sp³-hybridized carbons (Fsp3) is 0.194. The molecule has 0 unspecified atom stereocenters. The van der Waals surface area contributed by atoms with Gasteiger partial charge in [0.05, 0.1) is 41.8 Å². The minimum Gasteiger partial charge on any atom is -0.488 e. The van der Waals surface area contributed by atoms with Crippen molar-refractivity contribution in [3.05, 3.63) is 120 Å². The van der Waals surface area contributed by atoms with Gasteiger partial charge in [0.15, 0.2) is 0 Å². The van der Waals surface area contributed by atoms with Crippen molar-refractivity contribution < 1.29 is 18.7 Å². The van der Waals surface area contributed by atoms with Crippen LogP contribution in [0.25, 0.3) is 16.5 Å². The van der Waals surface area contributed by atoms with Gasteiger partial charge in [-0.1, -0.05) is 51.1 Å². The van der Waals surface area contributed by atoms with E-state index >= 15 is 0 Å². The van der Waals surface area contributed by atoms with Crippen LogP contribution in [0.3, 0.4) is 0 Å². The molecule has 0 bridgehead atoms. The quantitative estimate of drug-likeness (QED) is 0.138. The Morgan fingerprint density at radius 3 is 2.44 bits per heavy atom. The third-order valence-electron chi connectivity index (χ3n) is 7.38. The molecule has 11 nitrogen and oxygen atoms in total. The maximum absolute atomic E-state index is 14.1. The number of methoxy groups -OCH3 is 1. The number of halogens is 1. The van der Waals surface area contributed by atoms with Crippen molar-refractivity contribution in [1.29, 1.82) is 0 Å². The molecule has 0 fully saturated rings. The molecule has 3 aromatic heterocycles. The Morgan fingerprint density at radius 1 is 0.854 bits per heavy atom. The fourth-order valence-corrected chi connectivity index (χ4v) is 4.98. The smallest absolute Gasteiger partial charge is 0.324 e. The number of nitrogens with zero attached hydrogens (tertiary/aromatic N) is 5. The van der Waals surface area contributed by atoms with Gasteiger partial charge in [-0.15, -0.1) is 0 Å². The SMILES string of the molecule is COCc1cnc(Nc2cc(COc3ccc(NC(=O)Nc4cc(C(C)(C)C)nn4-c4cccc(F)c4)c4ccccc34)ccn2)cn1. The molecule has 0 aliphatic carbocycles. The van der Waals surface area contributed by atoms with Crippen LogP contribution in [0.15, 0.2) is 97.5 Å². The Bertz CT molecular complexity index is 2060. The molecule has 0 saturated heterocycles. The average Bonchev–Trinajstić information content (AvgIpc) is 3.50. The highest BCUT2D eigenvalue weighted by atomic mass is 19.1. The van der Waals surface area contributed by atoms with Gasteiger partial charge in [-0.05, 0) is 48.0 Å². The van der Waals surface area contributed by atoms with Gasteiger partial charge in [0.1, 0.15) is 35.6 Å². The summed E-state index contributed by atoms with van der Waals surface area (Å²) >= 11 is 0. The molecule has 12 heteroatoms. The van der Waals surface area contributed by atoms with E-state index in [9.17, 15) is 9.18 Å². The number of amides is 2. The first-order chi connectivity index (χ1) is 23.2. The Balaban J connectivity index is 1.17. The van der Waals surface area contributed by atoms with Gasteiger partial charge in [0, 0.05) is 35.6 Å². The maximum Gasteiger partial charge on any atom is 0.324 e. The summed E-state index contributed by atoms with van der Waals surface area (Å²) in [4.78, 5) is 26.4. The Morgan fingerprint density at radius 2 is 1.69 bits per heavy atom. The van der Waals surface area contributed by atoms with Crippen molar-refractivity contribution in [2.45, 2.75) is 39.4 Å². The molecule has 0 atom stereocenters. The number of hydrogen-bond acceptors (Lipinski definition) is 8. The predicted octanol–water partition coefficient (Wildman–Crippen LogP) is 7.76. The molecule has 0 radical (unpaired) electrons. The van der Waals surface area contributed by atoms with E-state index in [1.807, 2.05) is 63.2 Å². The van der Waals surface area contributed by atoms with Crippen molar-refractivity contribution >= 4 is 39.9 Å². The standard InChI is InChI=1S/C36H35FN8O3/c1-36(2,3)31-18-34(45(44-31)26-9-7-8-24(37)17-26)43-35(46)41-29-12-13-30(28-11-6-5-10-27(28)29)48-21-23-14-15-38-32(16-23)42-33-20-39-25(19-40-33)22-47-4/h5-20H,21-22H2,1-4H3,(H,38,40,42)(H2,41,43,46). The van der Waals surface area contributed by atoms with Crippen molar-refractivity contribution in [3.63, 3.8) is 0 Å². The lowest BCUT2D eigenvalue weighted by atomic mass is 9.92. The lowest BCUT2D eigenvalue weighted by molar-refractivity contribution is 0.181. The molecule has 244 valence electrons. The number of nitrogens with one attached hydrogen (secondary N) is 3. The minimum absolute atomic E-state index is 0.285. The Kier molecular flexibility index (Phi) is 9.26. The first-order valence-electron chi connectivity index (χ1n) is 15.3. The molecule has 6 rings (SSSR count). The van der Waals surface area contributed by atoms with Gasteiger partial charge >= 0.3 is 6.03 Å². The van der Waals surface area contributed by atoms with Crippen molar-refractivity contribution in [3.8, 4) is 11.4 Å². The summed E-state index contributed by atoms with van der Waals surface area (Å²) in [5.41, 5.74) is 3.17. The highest BCUT2D eigenvalue weighted by Gasteiger charge is 2.22. The average molecular weight is 647 g/mol. The van der Waals surface area contributed by atoms with Crippen LogP contribution in [0.1, 0.15) is 37.7 Å². The highest BCUT2D eigenvalue weighted by Crippen LogP contribution is 2.33. The van der Waals surface area contributed by atoms with E-state index in [1.54, 1.807) is 50.0 Å². The topological polar surface area (TPSA) is 128 Å². The molecule has 0 aliphatic heterocycles. The van der Waals surface area contributed by atoms with Crippen LogP contribution in [0.4, 0.5) is 32.3 Å². The summed E-state index contributed by atoms with van der Waals surface area (Å²) in [5.74, 6) is 1.83. The first-order valence-corrected chi connectivity index (χ1v) is 15.3. The van der Waals surface area contributed by atoms with Gasteiger partial charge in [-0.3, -0.25) is 10.3 Å². The zero-order chi connectivity index (χ0) is 33.7. The third kappa shape index (κ3) is 7.56. The zero-order valence-electron chi connectivity index (χ0n) is 27.0. The highest BCUT2D eigenvalue weighted by molar-refractivity contribution is 6.07. The van der Waals surface area contributed by atoms with Gasteiger partial charge < -0.3 is 20.1 Å². The summed E-state index contributed by atoms with van der Waals surface area (Å²) < 4.78 is 26.9. The predicted molar refractivity (Wildman–Crippen MR) is 183 cm³/mol. The Labute approximate surface area is 277 Å². The number of anilines is 4. The van der Waals surface area contributed by atoms with Crippen molar-refractivity contribution in [2.24, 2.45) is 0 Å². The summed E-state index contributed by atoms with van der Waals surface area (Å²) in [6.45, 7) is 6.74. The van der Waals surface area contributed by atoms with Gasteiger partial charge in [-0.2, -0.15) is 5.10 Å². The van der Waals surface area contributed by atoms with Crippen molar-refractivity contribution in [1.82, 2.24) is 24.7 Å². The van der Waals surface area contributed by atoms with E-state index in [2.05, 4.69) is 36.0 Å². The molecular formula is C36H35FN8O3. The molecule has 3 aromatic carbocycles. The molecule has 6 aromatic rings. The molecule has 0 aliphatic rings. The number of rotatable bonds is 10. The van der Waals surface area contributed by atoms with Gasteiger partial charge in [0.25, 0.3) is 0 Å². The minimum atomic E-state index is -0.471. The number of fused-ring (bicyclic) bond motifs is 1. The summed E-state index contributed by atoms with van der Waals surface area (Å²) in [6.07, 6.45) is 4.97. The lowest BCUT2D eigenvalue weighted by Crippen LogP contribution is -2.21. The van der Waals surface area contributed by atoms with Crippen LogP contribution in [0.2, 0.25) is 0 Å². The molecule has 0 saturated carbocycles. The van der Waals surface area contributed by atoms with Crippen LogP contribution in [0, 0.1) is 5.82 Å². The van der Waals surface area contributed by atoms with E-state index in [4.69, 9.17) is 9.47 Å². The lowest BCUT2D eigenvalue weighted by Gasteiger charge is -2.15. The number of benzene rings is 3. The molecule has 0 spiro atoms. The van der Waals surface area contributed by atoms with E-state index in [1.165, 1.54) is 16.8 Å². The van der Waals surface area contributed by atoms with Crippen LogP contribution >= 0.6 is 0 Å². The van der Waals surface area contributed by atoms with Crippen LogP contribution in [-0.2, 0) is 23.4 Å². The van der Waals surface area contributed by atoms with Crippen molar-refractivity contribution in [2.75, 3.05) is 23.1 Å². The van der Waals surface area contributed by atoms with E-state index in [0.717, 1.165) is 27.7 Å². The third-order valence-corrected chi connectivity index (χ3v) is 7.38. The second kappa shape index (κ2) is 13.9. The van der Waals surface area contributed by atoms with Gasteiger partial charge in [0.2, 0.25) is 0 Å². The number of carbonyl (C=O) groups excluding carboxylic acids is 1. The monoisotopic (exact) mass is 646 g/mol. The van der Waals surface area contributed by atoms with Gasteiger partial charge in [-0.25, -0.2) is 23.8 Å². The fourth-order valence-electron chi connectivity index (χ4n) is 4.98. The number of aromatic nitrogens is 5. The summed E-state index contributed by atoms with van der Waals surface area (Å²) in [7, 11) is 1.61. The number of ether oxygens (including phenoxy) is 2. The van der Waals surface area contributed by atoms with E-state index in [0.29, 0.717) is 41.2 Å².